The van der Waals surface area contributed by atoms with Gasteiger partial charge >= 0.3 is 6.03 Å². The fraction of sp³-hybridized carbons (Fsp3) is 0.389. The van der Waals surface area contributed by atoms with E-state index in [0.29, 0.717) is 12.2 Å². The van der Waals surface area contributed by atoms with Crippen molar-refractivity contribution in [2.45, 2.75) is 18.9 Å². The summed E-state index contributed by atoms with van der Waals surface area (Å²) >= 11 is 0. The molecule has 0 spiro atoms. The van der Waals surface area contributed by atoms with E-state index >= 15 is 0 Å². The number of fused-ring (bicyclic) bond motifs is 1. The zero-order chi connectivity index (χ0) is 17.6. The number of pyridine rings is 1. The average molecular weight is 341 g/mol. The molecular weight excluding hydrogens is 318 g/mol. The number of nitrogens with one attached hydrogen (secondary N) is 3. The minimum absolute atomic E-state index is 0.0213. The van der Waals surface area contributed by atoms with Gasteiger partial charge in [-0.05, 0) is 25.0 Å². The van der Waals surface area contributed by atoms with Gasteiger partial charge in [-0.3, -0.25) is 14.7 Å². The van der Waals surface area contributed by atoms with Crippen molar-refractivity contribution < 1.29 is 9.59 Å². The van der Waals surface area contributed by atoms with Crippen LogP contribution >= 0.6 is 0 Å². The lowest BCUT2D eigenvalue weighted by molar-refractivity contribution is -0.122. The normalized spacial score (nSPS) is 15.7. The summed E-state index contributed by atoms with van der Waals surface area (Å²) in [6.45, 7) is 2.02. The number of likely N-dealkylation sites (N-methyl/N-ethyl adjacent to an activating group) is 1. The Morgan fingerprint density at radius 2 is 2.00 bits per heavy atom. The molecule has 25 heavy (non-hydrogen) atoms. The summed E-state index contributed by atoms with van der Waals surface area (Å²) in [6, 6.07) is 9.59. The van der Waals surface area contributed by atoms with Gasteiger partial charge in [0.2, 0.25) is 5.91 Å². The number of benzene rings is 1. The van der Waals surface area contributed by atoms with Crippen LogP contribution in [0.5, 0.6) is 0 Å². The molecule has 0 unspecified atom stereocenters. The average Bonchev–Trinajstić information content (AvgIpc) is 2.63. The molecule has 0 atom stereocenters. The smallest absolute Gasteiger partial charge is 0.319 e. The lowest BCUT2D eigenvalue weighted by Gasteiger charge is -2.31. The van der Waals surface area contributed by atoms with Crippen LogP contribution < -0.4 is 16.0 Å². The van der Waals surface area contributed by atoms with Gasteiger partial charge in [0, 0.05) is 31.6 Å². The maximum Gasteiger partial charge on any atom is 0.319 e. The second-order valence-corrected chi connectivity index (χ2v) is 6.24. The van der Waals surface area contributed by atoms with Crippen molar-refractivity contribution in [3.8, 4) is 0 Å². The Hall–Kier alpha value is -2.67. The minimum atomic E-state index is -0.221. The van der Waals surface area contributed by atoms with Crippen LogP contribution in [0.1, 0.15) is 12.8 Å². The van der Waals surface area contributed by atoms with E-state index < -0.39 is 0 Å². The third kappa shape index (κ3) is 4.67. The number of para-hydroxylation sites is 1. The quantitative estimate of drug-likeness (QED) is 0.788. The van der Waals surface area contributed by atoms with E-state index in [9.17, 15) is 9.59 Å². The van der Waals surface area contributed by atoms with Gasteiger partial charge < -0.3 is 16.0 Å². The maximum atomic E-state index is 12.2. The van der Waals surface area contributed by atoms with Crippen molar-refractivity contribution in [3.63, 3.8) is 0 Å². The summed E-state index contributed by atoms with van der Waals surface area (Å²) in [4.78, 5) is 30.0. The molecule has 132 valence electrons. The molecule has 1 saturated heterocycles. The zero-order valence-electron chi connectivity index (χ0n) is 14.3. The van der Waals surface area contributed by atoms with Crippen molar-refractivity contribution in [3.05, 3.63) is 36.5 Å². The molecule has 2 aromatic rings. The molecular formula is C18H23N5O2. The SMILES string of the molecule is CNC(=O)CN1CCC(NC(=O)Nc2cnc3ccccc3c2)CC1. The second kappa shape index (κ2) is 7.94. The number of hydrogen-bond acceptors (Lipinski definition) is 4. The molecule has 7 heteroatoms. The first-order chi connectivity index (χ1) is 12.1. The van der Waals surface area contributed by atoms with Gasteiger partial charge in [0.1, 0.15) is 0 Å². The van der Waals surface area contributed by atoms with Crippen molar-refractivity contribution in [2.24, 2.45) is 0 Å². The van der Waals surface area contributed by atoms with Gasteiger partial charge in [0.25, 0.3) is 0 Å². The number of rotatable bonds is 4. The Morgan fingerprint density at radius 3 is 2.76 bits per heavy atom. The Morgan fingerprint density at radius 1 is 1.24 bits per heavy atom. The number of carbonyl (C=O) groups excluding carboxylic acids is 2. The minimum Gasteiger partial charge on any atom is -0.358 e. The van der Waals surface area contributed by atoms with Crippen molar-refractivity contribution >= 4 is 28.5 Å². The van der Waals surface area contributed by atoms with Crippen LogP contribution in [0.2, 0.25) is 0 Å². The molecule has 1 aliphatic heterocycles. The predicted octanol–water partition coefficient (Wildman–Crippen LogP) is 1.57. The number of hydrogen-bond donors (Lipinski definition) is 3. The van der Waals surface area contributed by atoms with Gasteiger partial charge in [-0.25, -0.2) is 4.79 Å². The maximum absolute atomic E-state index is 12.2. The van der Waals surface area contributed by atoms with Crippen LogP contribution in [0.25, 0.3) is 10.9 Å². The number of aromatic nitrogens is 1. The van der Waals surface area contributed by atoms with Crippen LogP contribution in [0.4, 0.5) is 10.5 Å². The Kier molecular flexibility index (Phi) is 5.45. The lowest BCUT2D eigenvalue weighted by Crippen LogP contribution is -2.48. The number of anilines is 1. The van der Waals surface area contributed by atoms with Gasteiger partial charge in [0.15, 0.2) is 0 Å². The fourth-order valence-corrected chi connectivity index (χ4v) is 3.01. The highest BCUT2D eigenvalue weighted by Gasteiger charge is 2.21. The number of piperidine rings is 1. The van der Waals surface area contributed by atoms with Gasteiger partial charge in [0.05, 0.1) is 23.9 Å². The van der Waals surface area contributed by atoms with Gasteiger partial charge in [-0.1, -0.05) is 18.2 Å². The number of nitrogens with zero attached hydrogens (tertiary/aromatic N) is 2. The van der Waals surface area contributed by atoms with E-state index in [1.54, 1.807) is 13.2 Å². The molecule has 7 nitrogen and oxygen atoms in total. The molecule has 3 N–H and O–H groups in total. The molecule has 1 fully saturated rings. The third-order valence-corrected chi connectivity index (χ3v) is 4.42. The van der Waals surface area contributed by atoms with Gasteiger partial charge in [-0.2, -0.15) is 0 Å². The van der Waals surface area contributed by atoms with Crippen molar-refractivity contribution in [1.29, 1.82) is 0 Å². The lowest BCUT2D eigenvalue weighted by atomic mass is 10.1. The summed E-state index contributed by atoms with van der Waals surface area (Å²) in [7, 11) is 1.64. The highest BCUT2D eigenvalue weighted by molar-refractivity contribution is 5.92. The van der Waals surface area contributed by atoms with Gasteiger partial charge in [-0.15, -0.1) is 0 Å². The molecule has 0 aliphatic carbocycles. The van der Waals surface area contributed by atoms with E-state index in [-0.39, 0.29) is 18.0 Å². The highest BCUT2D eigenvalue weighted by atomic mass is 16.2. The van der Waals surface area contributed by atoms with Crippen LogP contribution in [0, 0.1) is 0 Å². The standard InChI is InChI=1S/C18H23N5O2/c1-19-17(24)12-23-8-6-14(7-9-23)21-18(25)22-15-10-13-4-2-3-5-16(13)20-11-15/h2-5,10-11,14H,6-9,12H2,1H3,(H,19,24)(H2,21,22,25). The Balaban J connectivity index is 1.48. The molecule has 1 aromatic carbocycles. The summed E-state index contributed by atoms with van der Waals surface area (Å²) in [5.41, 5.74) is 1.57. The molecule has 0 bridgehead atoms. The summed E-state index contributed by atoms with van der Waals surface area (Å²) in [5, 5.41) is 9.46. The molecule has 1 aromatic heterocycles. The molecule has 3 rings (SSSR count). The van der Waals surface area contributed by atoms with Crippen molar-refractivity contribution in [1.82, 2.24) is 20.5 Å². The summed E-state index contributed by atoms with van der Waals surface area (Å²) < 4.78 is 0. The van der Waals surface area contributed by atoms with Crippen LogP contribution in [-0.4, -0.2) is 54.5 Å². The first-order valence-electron chi connectivity index (χ1n) is 8.49. The molecule has 1 aliphatic rings. The third-order valence-electron chi connectivity index (χ3n) is 4.42. The van der Waals surface area contributed by atoms with Crippen molar-refractivity contribution in [2.75, 3.05) is 32.0 Å². The van der Waals surface area contributed by atoms with E-state index in [4.69, 9.17) is 0 Å². The topological polar surface area (TPSA) is 86.4 Å². The van der Waals surface area contributed by atoms with Crippen LogP contribution in [-0.2, 0) is 4.79 Å². The monoisotopic (exact) mass is 341 g/mol. The first kappa shape index (κ1) is 17.2. The second-order valence-electron chi connectivity index (χ2n) is 6.24. The van der Waals surface area contributed by atoms with Crippen LogP contribution in [0.3, 0.4) is 0 Å². The fourth-order valence-electron chi connectivity index (χ4n) is 3.01. The molecule has 2 heterocycles. The van der Waals surface area contributed by atoms with E-state index in [1.807, 2.05) is 30.3 Å². The van der Waals surface area contributed by atoms with E-state index in [1.165, 1.54) is 0 Å². The Labute approximate surface area is 146 Å². The van der Waals surface area contributed by atoms with E-state index in [0.717, 1.165) is 36.8 Å². The van der Waals surface area contributed by atoms with Crippen LogP contribution in [0.15, 0.2) is 36.5 Å². The number of amides is 3. The largest absolute Gasteiger partial charge is 0.358 e. The Bertz CT molecular complexity index is 756. The number of carbonyl (C=O) groups is 2. The molecule has 3 amide bonds. The highest BCUT2D eigenvalue weighted by Crippen LogP contribution is 2.16. The number of urea groups is 1. The summed E-state index contributed by atoms with van der Waals surface area (Å²) in [6.07, 6.45) is 3.33. The zero-order valence-corrected chi connectivity index (χ0v) is 14.3. The predicted molar refractivity (Wildman–Crippen MR) is 97.4 cm³/mol. The summed E-state index contributed by atoms with van der Waals surface area (Å²) in [5.74, 6) is 0.0213. The van der Waals surface area contributed by atoms with E-state index in [2.05, 4.69) is 25.8 Å². The number of likely N-dealkylation sites (tertiary alicyclic amines) is 1. The molecule has 0 radical (unpaired) electrons. The first-order valence-corrected chi connectivity index (χ1v) is 8.49. The molecule has 0 saturated carbocycles.